The summed E-state index contributed by atoms with van der Waals surface area (Å²) in [5, 5.41) is 0.575. The van der Waals surface area contributed by atoms with Crippen molar-refractivity contribution >= 4 is 11.6 Å². The van der Waals surface area contributed by atoms with E-state index in [0.717, 1.165) is 12.8 Å². The fraction of sp³-hybridized carbons (Fsp3) is 0.600. The van der Waals surface area contributed by atoms with Gasteiger partial charge in [-0.05, 0) is 54.9 Å². The molecule has 1 aromatic rings. The highest BCUT2D eigenvalue weighted by molar-refractivity contribution is 6.30. The van der Waals surface area contributed by atoms with Crippen LogP contribution < -0.4 is 5.73 Å². The summed E-state index contributed by atoms with van der Waals surface area (Å²) < 4.78 is 13.8. The summed E-state index contributed by atoms with van der Waals surface area (Å²) in [5.41, 5.74) is 6.88. The van der Waals surface area contributed by atoms with Crippen molar-refractivity contribution < 1.29 is 4.39 Å². The highest BCUT2D eigenvalue weighted by Gasteiger charge is 2.37. The highest BCUT2D eigenvalue weighted by Crippen LogP contribution is 2.37. The first kappa shape index (κ1) is 13.8. The average Bonchev–Trinajstić information content (AvgIpc) is 2.29. The van der Waals surface area contributed by atoms with Crippen LogP contribution in [0.25, 0.3) is 0 Å². The minimum Gasteiger partial charge on any atom is -0.325 e. The highest BCUT2D eigenvalue weighted by atomic mass is 35.5. The van der Waals surface area contributed by atoms with Gasteiger partial charge in [-0.15, -0.1) is 0 Å². The lowest BCUT2D eigenvalue weighted by Crippen LogP contribution is -2.51. The SMILES string of the molecule is CC1CCC(C)C(N)(Cc2cc(Cl)ccc2F)C1. The van der Waals surface area contributed by atoms with E-state index in [0.29, 0.717) is 28.8 Å². The summed E-state index contributed by atoms with van der Waals surface area (Å²) >= 11 is 5.94. The molecule has 18 heavy (non-hydrogen) atoms. The summed E-state index contributed by atoms with van der Waals surface area (Å²) in [4.78, 5) is 0. The Balaban J connectivity index is 2.23. The summed E-state index contributed by atoms with van der Waals surface area (Å²) in [6.45, 7) is 4.40. The Kier molecular flexibility index (Phi) is 3.98. The number of rotatable bonds is 2. The number of hydrogen-bond acceptors (Lipinski definition) is 1. The lowest BCUT2D eigenvalue weighted by Gasteiger charge is -2.42. The van der Waals surface area contributed by atoms with E-state index in [1.807, 2.05) is 0 Å². The molecule has 100 valence electrons. The Morgan fingerprint density at radius 3 is 2.83 bits per heavy atom. The van der Waals surface area contributed by atoms with Crippen LogP contribution >= 0.6 is 11.6 Å². The molecule has 0 bridgehead atoms. The number of hydrogen-bond donors (Lipinski definition) is 1. The van der Waals surface area contributed by atoms with Crippen molar-refractivity contribution in [3.63, 3.8) is 0 Å². The van der Waals surface area contributed by atoms with Gasteiger partial charge in [-0.3, -0.25) is 0 Å². The molecule has 3 unspecified atom stereocenters. The molecule has 0 aliphatic heterocycles. The smallest absolute Gasteiger partial charge is 0.126 e. The zero-order valence-electron chi connectivity index (χ0n) is 11.0. The maximum Gasteiger partial charge on any atom is 0.126 e. The average molecular weight is 270 g/mol. The zero-order valence-corrected chi connectivity index (χ0v) is 11.8. The first-order valence-corrected chi connectivity index (χ1v) is 7.01. The van der Waals surface area contributed by atoms with Gasteiger partial charge in [0.05, 0.1) is 0 Å². The van der Waals surface area contributed by atoms with Gasteiger partial charge < -0.3 is 5.73 Å². The monoisotopic (exact) mass is 269 g/mol. The van der Waals surface area contributed by atoms with Crippen molar-refractivity contribution in [1.82, 2.24) is 0 Å². The molecule has 1 nitrogen and oxygen atoms in total. The molecular formula is C15H21ClFN. The Morgan fingerprint density at radius 1 is 1.39 bits per heavy atom. The first-order valence-electron chi connectivity index (χ1n) is 6.63. The summed E-state index contributed by atoms with van der Waals surface area (Å²) in [5.74, 6) is 0.843. The molecule has 2 N–H and O–H groups in total. The van der Waals surface area contributed by atoms with Gasteiger partial charge in [-0.1, -0.05) is 31.9 Å². The van der Waals surface area contributed by atoms with Gasteiger partial charge in [0.25, 0.3) is 0 Å². The van der Waals surface area contributed by atoms with E-state index in [1.165, 1.54) is 12.5 Å². The predicted octanol–water partition coefficient (Wildman–Crippen LogP) is 4.18. The largest absolute Gasteiger partial charge is 0.325 e. The van der Waals surface area contributed by atoms with E-state index >= 15 is 0 Å². The van der Waals surface area contributed by atoms with Crippen LogP contribution in [0.2, 0.25) is 5.02 Å². The second-order valence-corrected chi connectivity index (χ2v) is 6.37. The lowest BCUT2D eigenvalue weighted by atomic mass is 9.68. The molecule has 3 atom stereocenters. The molecule has 1 fully saturated rings. The molecule has 0 heterocycles. The lowest BCUT2D eigenvalue weighted by molar-refractivity contribution is 0.160. The van der Waals surface area contributed by atoms with Crippen LogP contribution in [0.3, 0.4) is 0 Å². The second-order valence-electron chi connectivity index (χ2n) is 5.93. The molecule has 0 saturated heterocycles. The van der Waals surface area contributed by atoms with Gasteiger partial charge in [0.15, 0.2) is 0 Å². The maximum atomic E-state index is 13.8. The minimum absolute atomic E-state index is 0.199. The third kappa shape index (κ3) is 2.86. The van der Waals surface area contributed by atoms with Gasteiger partial charge in [0, 0.05) is 10.6 Å². The zero-order chi connectivity index (χ0) is 13.3. The molecule has 2 rings (SSSR count). The second kappa shape index (κ2) is 5.18. The number of halogens is 2. The fourth-order valence-electron chi connectivity index (χ4n) is 3.05. The molecule has 0 aromatic heterocycles. The van der Waals surface area contributed by atoms with E-state index in [1.54, 1.807) is 12.1 Å². The van der Waals surface area contributed by atoms with E-state index < -0.39 is 0 Å². The minimum atomic E-state index is -0.302. The van der Waals surface area contributed by atoms with E-state index in [-0.39, 0.29) is 11.4 Å². The molecule has 3 heteroatoms. The summed E-state index contributed by atoms with van der Waals surface area (Å²) in [6.07, 6.45) is 3.88. The van der Waals surface area contributed by atoms with Crippen LogP contribution in [0, 0.1) is 17.7 Å². The number of nitrogens with two attached hydrogens (primary N) is 1. The van der Waals surface area contributed by atoms with Crippen molar-refractivity contribution in [3.8, 4) is 0 Å². The van der Waals surface area contributed by atoms with Gasteiger partial charge in [-0.2, -0.15) is 0 Å². The van der Waals surface area contributed by atoms with Gasteiger partial charge in [0.1, 0.15) is 5.82 Å². The van der Waals surface area contributed by atoms with E-state index in [9.17, 15) is 4.39 Å². The molecule has 1 aliphatic rings. The molecule has 0 spiro atoms. The van der Waals surface area contributed by atoms with Crippen LogP contribution in [-0.4, -0.2) is 5.54 Å². The van der Waals surface area contributed by atoms with Crippen molar-refractivity contribution in [3.05, 3.63) is 34.6 Å². The van der Waals surface area contributed by atoms with Crippen molar-refractivity contribution in [2.75, 3.05) is 0 Å². The fourth-order valence-corrected chi connectivity index (χ4v) is 3.25. The molecule has 1 aromatic carbocycles. The van der Waals surface area contributed by atoms with Crippen LogP contribution in [0.4, 0.5) is 4.39 Å². The summed E-state index contributed by atoms with van der Waals surface area (Å²) in [7, 11) is 0. The summed E-state index contributed by atoms with van der Waals surface area (Å²) in [6, 6.07) is 4.71. The van der Waals surface area contributed by atoms with Gasteiger partial charge in [0.2, 0.25) is 0 Å². The molecule has 1 saturated carbocycles. The Morgan fingerprint density at radius 2 is 2.11 bits per heavy atom. The van der Waals surface area contributed by atoms with Crippen LogP contribution in [0.1, 0.15) is 38.7 Å². The first-order chi connectivity index (χ1) is 8.40. The Hall–Kier alpha value is -0.600. The Bertz CT molecular complexity index is 435. The molecule has 0 amide bonds. The van der Waals surface area contributed by atoms with E-state index in [4.69, 9.17) is 17.3 Å². The third-order valence-corrected chi connectivity index (χ3v) is 4.56. The van der Waals surface area contributed by atoms with Gasteiger partial charge >= 0.3 is 0 Å². The molecule has 1 aliphatic carbocycles. The maximum absolute atomic E-state index is 13.8. The Labute approximate surface area is 114 Å². The quantitative estimate of drug-likeness (QED) is 0.857. The molecular weight excluding hydrogens is 249 g/mol. The number of benzene rings is 1. The van der Waals surface area contributed by atoms with Crippen molar-refractivity contribution in [2.45, 2.75) is 45.1 Å². The van der Waals surface area contributed by atoms with E-state index in [2.05, 4.69) is 13.8 Å². The van der Waals surface area contributed by atoms with Crippen LogP contribution in [0.15, 0.2) is 18.2 Å². The van der Waals surface area contributed by atoms with Crippen molar-refractivity contribution in [2.24, 2.45) is 17.6 Å². The normalized spacial score (nSPS) is 32.5. The standard InChI is InChI=1S/C15H21ClFN/c1-10-3-4-11(2)15(18,8-10)9-12-7-13(16)5-6-14(12)17/h5-7,10-11H,3-4,8-9,18H2,1-2H3. The predicted molar refractivity (Wildman–Crippen MR) is 74.2 cm³/mol. The molecule has 0 radical (unpaired) electrons. The third-order valence-electron chi connectivity index (χ3n) is 4.33. The topological polar surface area (TPSA) is 26.0 Å². The van der Waals surface area contributed by atoms with Crippen molar-refractivity contribution in [1.29, 1.82) is 0 Å². The van der Waals surface area contributed by atoms with Crippen LogP contribution in [0.5, 0.6) is 0 Å². The van der Waals surface area contributed by atoms with Crippen LogP contribution in [-0.2, 0) is 6.42 Å². The van der Waals surface area contributed by atoms with Gasteiger partial charge in [-0.25, -0.2) is 4.39 Å².